The summed E-state index contributed by atoms with van der Waals surface area (Å²) >= 11 is 1.68. The largest absolute Gasteiger partial charge is 0.370 e. The molecule has 2 N–H and O–H groups in total. The molecular weight excluding hydrogens is 426 g/mol. The van der Waals surface area contributed by atoms with Crippen molar-refractivity contribution in [1.29, 1.82) is 0 Å². The molecule has 0 atom stereocenters. The molecule has 0 bridgehead atoms. The van der Waals surface area contributed by atoms with Gasteiger partial charge >= 0.3 is 0 Å². The lowest BCUT2D eigenvalue weighted by Crippen LogP contribution is -2.51. The van der Waals surface area contributed by atoms with E-state index < -0.39 is 0 Å². The fourth-order valence-corrected chi connectivity index (χ4v) is 2.78. The maximum absolute atomic E-state index is 12.9. The van der Waals surface area contributed by atoms with Crippen molar-refractivity contribution in [3.8, 4) is 12.3 Å². The quantitative estimate of drug-likeness (QED) is 0.247. The van der Waals surface area contributed by atoms with E-state index in [4.69, 9.17) is 12.2 Å². The van der Waals surface area contributed by atoms with Gasteiger partial charge in [0.2, 0.25) is 0 Å². The molecule has 1 heterocycles. The van der Waals surface area contributed by atoms with Gasteiger partial charge in [-0.1, -0.05) is 5.92 Å². The minimum absolute atomic E-state index is 0. The highest BCUT2D eigenvalue weighted by Crippen LogP contribution is 2.16. The van der Waals surface area contributed by atoms with E-state index in [0.717, 1.165) is 37.6 Å². The second-order valence-electron chi connectivity index (χ2n) is 4.95. The number of guanidine groups is 1. The number of aliphatic imine (C=N–C) groups is 1. The van der Waals surface area contributed by atoms with Gasteiger partial charge < -0.3 is 15.5 Å². The third kappa shape index (κ3) is 6.47. The minimum atomic E-state index is -0.207. The van der Waals surface area contributed by atoms with E-state index in [2.05, 4.69) is 20.7 Å². The molecule has 1 aliphatic rings. The Bertz CT molecular complexity index is 536. The number of terminal acetylenes is 1. The first kappa shape index (κ1) is 19.9. The van der Waals surface area contributed by atoms with Crippen molar-refractivity contribution in [3.63, 3.8) is 0 Å². The molecule has 4 nitrogen and oxygen atoms in total. The van der Waals surface area contributed by atoms with Crippen LogP contribution in [0.3, 0.4) is 0 Å². The van der Waals surface area contributed by atoms with Crippen molar-refractivity contribution >= 4 is 47.4 Å². The lowest BCUT2D eigenvalue weighted by Gasteiger charge is -2.36. The first-order chi connectivity index (χ1) is 10.7. The van der Waals surface area contributed by atoms with Crippen molar-refractivity contribution in [2.24, 2.45) is 10.7 Å². The lowest BCUT2D eigenvalue weighted by atomic mass is 10.2. The van der Waals surface area contributed by atoms with E-state index in [1.165, 1.54) is 12.1 Å². The maximum Gasteiger partial charge on any atom is 0.191 e. The number of anilines is 1. The first-order valence-electron chi connectivity index (χ1n) is 7.27. The Labute approximate surface area is 158 Å². The molecule has 23 heavy (non-hydrogen) atoms. The van der Waals surface area contributed by atoms with Crippen LogP contribution in [-0.2, 0) is 0 Å². The zero-order chi connectivity index (χ0) is 15.8. The minimum Gasteiger partial charge on any atom is -0.370 e. The van der Waals surface area contributed by atoms with Crippen LogP contribution in [0.2, 0.25) is 0 Å². The van der Waals surface area contributed by atoms with Gasteiger partial charge in [-0.05, 0) is 24.3 Å². The Kier molecular flexibility index (Phi) is 9.17. The van der Waals surface area contributed by atoms with Crippen LogP contribution in [-0.4, -0.2) is 55.1 Å². The Hall–Kier alpha value is -1.14. The monoisotopic (exact) mass is 448 g/mol. The Morgan fingerprint density at radius 1 is 1.26 bits per heavy atom. The fraction of sp³-hybridized carbons (Fsp3) is 0.438. The SMILES string of the molecule is C#CCSCCN=C(N)N1CCN(c2ccc(F)cc2)CC1.I. The molecule has 0 spiro atoms. The second kappa shape index (κ2) is 10.6. The molecule has 1 fully saturated rings. The predicted octanol–water partition coefficient (Wildman–Crippen LogP) is 2.25. The van der Waals surface area contributed by atoms with Gasteiger partial charge in [-0.25, -0.2) is 4.39 Å². The Balaban J connectivity index is 0.00000264. The highest BCUT2D eigenvalue weighted by atomic mass is 127. The van der Waals surface area contributed by atoms with Crippen LogP contribution in [0.1, 0.15) is 0 Å². The summed E-state index contributed by atoms with van der Waals surface area (Å²) in [5, 5.41) is 0. The van der Waals surface area contributed by atoms with Crippen molar-refractivity contribution < 1.29 is 4.39 Å². The average molecular weight is 448 g/mol. The van der Waals surface area contributed by atoms with Crippen molar-refractivity contribution in [2.75, 3.05) is 49.1 Å². The maximum atomic E-state index is 12.9. The van der Waals surface area contributed by atoms with Crippen LogP contribution in [0, 0.1) is 18.2 Å². The highest BCUT2D eigenvalue weighted by molar-refractivity contribution is 14.0. The summed E-state index contributed by atoms with van der Waals surface area (Å²) < 4.78 is 12.9. The van der Waals surface area contributed by atoms with Crippen LogP contribution >= 0.6 is 35.7 Å². The van der Waals surface area contributed by atoms with Crippen LogP contribution in [0.4, 0.5) is 10.1 Å². The zero-order valence-corrected chi connectivity index (χ0v) is 16.1. The molecule has 1 aliphatic heterocycles. The molecule has 0 aliphatic carbocycles. The topological polar surface area (TPSA) is 44.9 Å². The average Bonchev–Trinajstić information content (AvgIpc) is 2.55. The summed E-state index contributed by atoms with van der Waals surface area (Å²) in [6.07, 6.45) is 5.19. The number of piperazine rings is 1. The molecule has 2 rings (SSSR count). The van der Waals surface area contributed by atoms with Gasteiger partial charge in [0.05, 0.1) is 12.3 Å². The number of benzene rings is 1. The summed E-state index contributed by atoms with van der Waals surface area (Å²) in [5.41, 5.74) is 7.07. The molecule has 126 valence electrons. The highest BCUT2D eigenvalue weighted by Gasteiger charge is 2.18. The number of nitrogens with zero attached hydrogens (tertiary/aromatic N) is 3. The van der Waals surface area contributed by atoms with Gasteiger partial charge in [0.15, 0.2) is 5.96 Å². The fourth-order valence-electron chi connectivity index (χ4n) is 2.30. The first-order valence-corrected chi connectivity index (χ1v) is 8.43. The summed E-state index contributed by atoms with van der Waals surface area (Å²) in [7, 11) is 0. The van der Waals surface area contributed by atoms with Gasteiger partial charge in [0.25, 0.3) is 0 Å². The lowest BCUT2D eigenvalue weighted by molar-refractivity contribution is 0.381. The molecule has 1 aromatic rings. The van der Waals surface area contributed by atoms with Gasteiger partial charge in [-0.3, -0.25) is 4.99 Å². The summed E-state index contributed by atoms with van der Waals surface area (Å²) in [4.78, 5) is 8.71. The number of hydrogen-bond donors (Lipinski definition) is 1. The number of nitrogens with two attached hydrogens (primary N) is 1. The second-order valence-corrected chi connectivity index (χ2v) is 6.05. The summed E-state index contributed by atoms with van der Waals surface area (Å²) in [5.74, 6) is 4.58. The normalized spacial score (nSPS) is 15.0. The molecule has 0 aromatic heterocycles. The molecule has 0 saturated carbocycles. The molecule has 0 amide bonds. The van der Waals surface area contributed by atoms with E-state index in [1.54, 1.807) is 11.8 Å². The Morgan fingerprint density at radius 2 is 1.91 bits per heavy atom. The van der Waals surface area contributed by atoms with Gasteiger partial charge in [0, 0.05) is 37.6 Å². The molecule has 0 unspecified atom stereocenters. The van der Waals surface area contributed by atoms with Crippen LogP contribution in [0.25, 0.3) is 0 Å². The van der Waals surface area contributed by atoms with Crippen molar-refractivity contribution in [3.05, 3.63) is 30.1 Å². The van der Waals surface area contributed by atoms with Crippen molar-refractivity contribution in [2.45, 2.75) is 0 Å². The van der Waals surface area contributed by atoms with E-state index in [9.17, 15) is 4.39 Å². The van der Waals surface area contributed by atoms with Crippen LogP contribution < -0.4 is 10.6 Å². The molecule has 1 aromatic carbocycles. The number of halogens is 2. The summed E-state index contributed by atoms with van der Waals surface area (Å²) in [6, 6.07) is 6.60. The molecule has 0 radical (unpaired) electrons. The zero-order valence-electron chi connectivity index (χ0n) is 12.9. The number of rotatable bonds is 5. The summed E-state index contributed by atoms with van der Waals surface area (Å²) in [6.45, 7) is 4.05. The third-order valence-electron chi connectivity index (χ3n) is 3.49. The van der Waals surface area contributed by atoms with E-state index in [-0.39, 0.29) is 29.8 Å². The van der Waals surface area contributed by atoms with Gasteiger partial charge in [-0.2, -0.15) is 0 Å². The molecule has 7 heteroatoms. The number of hydrogen-bond acceptors (Lipinski definition) is 3. The standard InChI is InChI=1S/C16H21FN4S.HI/c1-2-12-22-13-7-19-16(18)21-10-8-20(9-11-21)15-5-3-14(17)4-6-15;/h1,3-6H,7-13H2,(H2,18,19);1H. The van der Waals surface area contributed by atoms with Crippen molar-refractivity contribution in [1.82, 2.24) is 4.90 Å². The molecule has 1 saturated heterocycles. The van der Waals surface area contributed by atoms with Gasteiger partial charge in [-0.15, -0.1) is 42.2 Å². The smallest absolute Gasteiger partial charge is 0.191 e. The van der Waals surface area contributed by atoms with E-state index in [1.807, 2.05) is 12.1 Å². The third-order valence-corrected chi connectivity index (χ3v) is 4.33. The van der Waals surface area contributed by atoms with Crippen LogP contribution in [0.5, 0.6) is 0 Å². The molecular formula is C16H22FIN4S. The van der Waals surface area contributed by atoms with E-state index >= 15 is 0 Å². The Morgan fingerprint density at radius 3 is 2.52 bits per heavy atom. The van der Waals surface area contributed by atoms with E-state index in [0.29, 0.717) is 18.3 Å². The van der Waals surface area contributed by atoms with Crippen LogP contribution in [0.15, 0.2) is 29.3 Å². The predicted molar refractivity (Wildman–Crippen MR) is 108 cm³/mol. The van der Waals surface area contributed by atoms with Gasteiger partial charge in [0.1, 0.15) is 5.82 Å². The number of thioether (sulfide) groups is 1.